The number of fused-ring (bicyclic) bond motifs is 2. The second-order valence-electron chi connectivity index (χ2n) is 6.12. The number of nitrogens with zero attached hydrogens (tertiary/aromatic N) is 7. The lowest BCUT2D eigenvalue weighted by atomic mass is 10.00. The Morgan fingerprint density at radius 1 is 1.19 bits per heavy atom. The molecule has 0 unspecified atom stereocenters. The lowest BCUT2D eigenvalue weighted by molar-refractivity contribution is 0.609. The summed E-state index contributed by atoms with van der Waals surface area (Å²) >= 11 is 0. The van der Waals surface area contributed by atoms with Gasteiger partial charge in [0.1, 0.15) is 17.9 Å². The standard InChI is InChI=1S/C18H14N8/c19-8-12-9-21-16(10-20-12)25-6-4-14-17(23-11-22-14)18(25)15-7-13-3-1-2-5-26(13)24-15/h1-3,5,7,9-11,18H,4,6H2,(H,22,23)/t18-/m0/s1. The van der Waals surface area contributed by atoms with Crippen LogP contribution >= 0.6 is 0 Å². The molecule has 1 aliphatic rings. The molecule has 4 aromatic heterocycles. The first-order valence-corrected chi connectivity index (χ1v) is 8.29. The van der Waals surface area contributed by atoms with Crippen molar-refractivity contribution in [3.63, 3.8) is 0 Å². The third-order valence-corrected chi connectivity index (χ3v) is 4.64. The van der Waals surface area contributed by atoms with Crippen LogP contribution in [0.2, 0.25) is 0 Å². The lowest BCUT2D eigenvalue weighted by Gasteiger charge is -2.34. The van der Waals surface area contributed by atoms with E-state index in [0.717, 1.165) is 35.6 Å². The summed E-state index contributed by atoms with van der Waals surface area (Å²) in [5.74, 6) is 0.708. The summed E-state index contributed by atoms with van der Waals surface area (Å²) in [5.41, 5.74) is 4.29. The molecule has 0 fully saturated rings. The number of rotatable bonds is 2. The van der Waals surface area contributed by atoms with Crippen LogP contribution in [0.15, 0.2) is 49.2 Å². The van der Waals surface area contributed by atoms with Gasteiger partial charge in [0.25, 0.3) is 0 Å². The van der Waals surface area contributed by atoms with E-state index in [2.05, 4.69) is 30.9 Å². The Kier molecular flexibility index (Phi) is 3.18. The summed E-state index contributed by atoms with van der Waals surface area (Å²) < 4.78 is 1.86. The van der Waals surface area contributed by atoms with Gasteiger partial charge >= 0.3 is 0 Å². The van der Waals surface area contributed by atoms with Gasteiger partial charge in [-0.3, -0.25) is 0 Å². The van der Waals surface area contributed by atoms with Gasteiger partial charge in [-0.25, -0.2) is 19.5 Å². The molecule has 1 aliphatic heterocycles. The van der Waals surface area contributed by atoms with Crippen molar-refractivity contribution in [3.8, 4) is 6.07 Å². The molecule has 0 saturated heterocycles. The van der Waals surface area contributed by atoms with E-state index >= 15 is 0 Å². The number of imidazole rings is 1. The van der Waals surface area contributed by atoms with Gasteiger partial charge in [0.05, 0.1) is 35.6 Å². The van der Waals surface area contributed by atoms with Crippen molar-refractivity contribution in [3.05, 3.63) is 72.0 Å². The topological polar surface area (TPSA) is 98.8 Å². The van der Waals surface area contributed by atoms with Crippen LogP contribution in [0.3, 0.4) is 0 Å². The van der Waals surface area contributed by atoms with Crippen LogP contribution in [-0.4, -0.2) is 36.1 Å². The highest BCUT2D eigenvalue weighted by Crippen LogP contribution is 2.35. The smallest absolute Gasteiger partial charge is 0.158 e. The Morgan fingerprint density at radius 2 is 2.15 bits per heavy atom. The van der Waals surface area contributed by atoms with Gasteiger partial charge in [0.2, 0.25) is 0 Å². The number of nitriles is 1. The first-order chi connectivity index (χ1) is 12.8. The molecule has 0 bridgehead atoms. The number of pyridine rings is 1. The maximum atomic E-state index is 8.96. The van der Waals surface area contributed by atoms with E-state index in [1.165, 1.54) is 6.20 Å². The molecule has 0 radical (unpaired) electrons. The van der Waals surface area contributed by atoms with Gasteiger partial charge in [-0.1, -0.05) is 6.07 Å². The van der Waals surface area contributed by atoms with Gasteiger partial charge in [0, 0.05) is 24.9 Å². The fraction of sp³-hybridized carbons (Fsp3) is 0.167. The second kappa shape index (κ2) is 5.67. The highest BCUT2D eigenvalue weighted by atomic mass is 15.3. The molecular weight excluding hydrogens is 328 g/mol. The van der Waals surface area contributed by atoms with Crippen LogP contribution in [0.5, 0.6) is 0 Å². The summed E-state index contributed by atoms with van der Waals surface area (Å²) in [5, 5.41) is 13.7. The van der Waals surface area contributed by atoms with E-state index in [0.29, 0.717) is 11.5 Å². The zero-order valence-corrected chi connectivity index (χ0v) is 13.7. The summed E-state index contributed by atoms with van der Waals surface area (Å²) in [6, 6.07) is 9.88. The van der Waals surface area contributed by atoms with Gasteiger partial charge in [-0.2, -0.15) is 10.4 Å². The molecule has 0 saturated carbocycles. The van der Waals surface area contributed by atoms with Gasteiger partial charge in [0.15, 0.2) is 5.69 Å². The first kappa shape index (κ1) is 14.6. The molecule has 5 rings (SSSR count). The average Bonchev–Trinajstić information content (AvgIpc) is 3.33. The van der Waals surface area contributed by atoms with Crippen LogP contribution in [0.25, 0.3) is 5.52 Å². The average molecular weight is 342 g/mol. The molecule has 0 spiro atoms. The van der Waals surface area contributed by atoms with Gasteiger partial charge in [-0.05, 0) is 18.2 Å². The van der Waals surface area contributed by atoms with Crippen LogP contribution < -0.4 is 4.90 Å². The molecular formula is C18H14N8. The molecule has 8 heteroatoms. The molecule has 8 nitrogen and oxygen atoms in total. The van der Waals surface area contributed by atoms with Crippen LogP contribution in [-0.2, 0) is 6.42 Å². The minimum Gasteiger partial charge on any atom is -0.348 e. The number of aromatic amines is 1. The molecule has 0 aliphatic carbocycles. The summed E-state index contributed by atoms with van der Waals surface area (Å²) in [4.78, 5) is 18.5. The van der Waals surface area contributed by atoms with Gasteiger partial charge < -0.3 is 9.88 Å². The number of hydrogen-bond acceptors (Lipinski definition) is 6. The summed E-state index contributed by atoms with van der Waals surface area (Å²) in [7, 11) is 0. The number of hydrogen-bond donors (Lipinski definition) is 1. The predicted octanol–water partition coefficient (Wildman–Crippen LogP) is 1.87. The maximum Gasteiger partial charge on any atom is 0.158 e. The highest BCUT2D eigenvalue weighted by Gasteiger charge is 2.33. The first-order valence-electron chi connectivity index (χ1n) is 8.29. The fourth-order valence-corrected chi connectivity index (χ4v) is 3.44. The van der Waals surface area contributed by atoms with Crippen molar-refractivity contribution in [2.45, 2.75) is 12.5 Å². The Hall–Kier alpha value is -3.73. The second-order valence-corrected chi connectivity index (χ2v) is 6.12. The molecule has 126 valence electrons. The van der Waals surface area contributed by atoms with Crippen molar-refractivity contribution in [1.29, 1.82) is 5.26 Å². The number of H-pyrrole nitrogens is 1. The van der Waals surface area contributed by atoms with E-state index in [9.17, 15) is 0 Å². The van der Waals surface area contributed by atoms with Crippen molar-refractivity contribution >= 4 is 11.3 Å². The third kappa shape index (κ3) is 2.22. The Morgan fingerprint density at radius 3 is 2.96 bits per heavy atom. The Bertz CT molecular complexity index is 1090. The zero-order chi connectivity index (χ0) is 17.5. The summed E-state index contributed by atoms with van der Waals surface area (Å²) in [6.45, 7) is 0.758. The van der Waals surface area contributed by atoms with E-state index in [1.54, 1.807) is 12.5 Å². The zero-order valence-electron chi connectivity index (χ0n) is 13.7. The predicted molar refractivity (Wildman–Crippen MR) is 93.4 cm³/mol. The lowest BCUT2D eigenvalue weighted by Crippen LogP contribution is -2.37. The maximum absolute atomic E-state index is 8.96. The monoisotopic (exact) mass is 342 g/mol. The Labute approximate surface area is 148 Å². The van der Waals surface area contributed by atoms with Crippen molar-refractivity contribution in [2.75, 3.05) is 11.4 Å². The van der Waals surface area contributed by atoms with E-state index in [1.807, 2.05) is 35.0 Å². The molecule has 26 heavy (non-hydrogen) atoms. The van der Waals surface area contributed by atoms with Gasteiger partial charge in [-0.15, -0.1) is 0 Å². The summed E-state index contributed by atoms with van der Waals surface area (Å²) in [6.07, 6.45) is 7.62. The van der Waals surface area contributed by atoms with Crippen molar-refractivity contribution in [1.82, 2.24) is 29.5 Å². The highest BCUT2D eigenvalue weighted by molar-refractivity contribution is 5.53. The quantitative estimate of drug-likeness (QED) is 0.597. The van der Waals surface area contributed by atoms with Crippen LogP contribution in [0.1, 0.15) is 28.8 Å². The van der Waals surface area contributed by atoms with E-state index in [-0.39, 0.29) is 6.04 Å². The number of aromatic nitrogens is 6. The van der Waals surface area contributed by atoms with E-state index in [4.69, 9.17) is 10.4 Å². The SMILES string of the molecule is N#Cc1cnc(N2CCc3[nH]cnc3[C@@H]2c2cc3ccccn3n2)cn1. The third-order valence-electron chi connectivity index (χ3n) is 4.64. The van der Waals surface area contributed by atoms with Crippen LogP contribution in [0.4, 0.5) is 5.82 Å². The molecule has 0 amide bonds. The van der Waals surface area contributed by atoms with Crippen molar-refractivity contribution in [2.24, 2.45) is 0 Å². The number of anilines is 1. The molecule has 4 aromatic rings. The fourth-order valence-electron chi connectivity index (χ4n) is 3.44. The van der Waals surface area contributed by atoms with E-state index < -0.39 is 0 Å². The van der Waals surface area contributed by atoms with Crippen molar-refractivity contribution < 1.29 is 0 Å². The Balaban J connectivity index is 1.65. The molecule has 5 heterocycles. The normalized spacial score (nSPS) is 16.4. The van der Waals surface area contributed by atoms with Crippen LogP contribution in [0, 0.1) is 11.3 Å². The minimum absolute atomic E-state index is 0.160. The number of nitrogens with one attached hydrogen (secondary N) is 1. The molecule has 0 aromatic carbocycles. The molecule has 1 atom stereocenters. The largest absolute Gasteiger partial charge is 0.348 e. The molecule has 1 N–H and O–H groups in total. The minimum atomic E-state index is -0.160.